The van der Waals surface area contributed by atoms with E-state index in [1.807, 2.05) is 18.4 Å². The van der Waals surface area contributed by atoms with Crippen LogP contribution in [-0.2, 0) is 16.4 Å². The number of nitrogens with zero attached hydrogens (tertiary/aromatic N) is 2. The number of thioether (sulfide) groups is 1. The third-order valence-electron chi connectivity index (χ3n) is 2.93. The van der Waals surface area contributed by atoms with Gasteiger partial charge in [-0.15, -0.1) is 5.10 Å². The molecule has 0 aliphatic carbocycles. The molecule has 0 saturated heterocycles. The van der Waals surface area contributed by atoms with Crippen LogP contribution in [0.5, 0.6) is 0 Å². The van der Waals surface area contributed by atoms with Gasteiger partial charge in [0.2, 0.25) is 11.1 Å². The molecule has 2 N–H and O–H groups in total. The number of H-pyrrole nitrogens is 1. The summed E-state index contributed by atoms with van der Waals surface area (Å²) < 4.78 is 26.8. The van der Waals surface area contributed by atoms with Gasteiger partial charge in [0.15, 0.2) is 0 Å². The van der Waals surface area contributed by atoms with Gasteiger partial charge in [-0.2, -0.15) is 4.98 Å². The number of hydrogen-bond acceptors (Lipinski definition) is 5. The molecule has 2 rings (SSSR count). The van der Waals surface area contributed by atoms with E-state index in [0.717, 1.165) is 24.8 Å². The smallest absolute Gasteiger partial charge is 0.248 e. The fourth-order valence-corrected chi connectivity index (χ4v) is 3.06. The van der Waals surface area contributed by atoms with Gasteiger partial charge in [0.05, 0.1) is 4.90 Å². The second-order valence-electron chi connectivity index (χ2n) is 4.52. The number of hydrogen-bond donors (Lipinski definition) is 2. The fraction of sp³-hybridized carbons (Fsp3) is 0.385. The number of anilines is 1. The third-order valence-corrected chi connectivity index (χ3v) is 4.83. The van der Waals surface area contributed by atoms with Gasteiger partial charge < -0.3 is 0 Å². The molecule has 6 nitrogen and oxygen atoms in total. The Morgan fingerprint density at radius 3 is 2.57 bits per heavy atom. The van der Waals surface area contributed by atoms with Crippen LogP contribution in [0.3, 0.4) is 0 Å². The quantitative estimate of drug-likeness (QED) is 0.764. The van der Waals surface area contributed by atoms with E-state index in [9.17, 15) is 8.42 Å². The maximum absolute atomic E-state index is 12.2. The van der Waals surface area contributed by atoms with E-state index in [1.54, 1.807) is 12.1 Å². The lowest BCUT2D eigenvalue weighted by molar-refractivity contribution is 0.600. The zero-order valence-electron chi connectivity index (χ0n) is 12.0. The minimum atomic E-state index is -3.64. The highest BCUT2D eigenvalue weighted by Crippen LogP contribution is 2.16. The van der Waals surface area contributed by atoms with E-state index in [0.29, 0.717) is 5.16 Å². The van der Waals surface area contributed by atoms with E-state index in [4.69, 9.17) is 0 Å². The number of sulfonamides is 1. The zero-order chi connectivity index (χ0) is 15.3. The molecular weight excluding hydrogens is 308 g/mol. The second-order valence-corrected chi connectivity index (χ2v) is 6.98. The maximum Gasteiger partial charge on any atom is 0.264 e. The first-order chi connectivity index (χ1) is 10.0. The van der Waals surface area contributed by atoms with Gasteiger partial charge in [0.1, 0.15) is 0 Å². The maximum atomic E-state index is 12.2. The molecular formula is C13H18N4O2S2. The van der Waals surface area contributed by atoms with Crippen LogP contribution in [0, 0.1) is 0 Å². The van der Waals surface area contributed by atoms with Crippen LogP contribution >= 0.6 is 11.8 Å². The molecule has 1 aromatic carbocycles. The first kappa shape index (κ1) is 15.8. The molecule has 0 aliphatic rings. The number of aromatic nitrogens is 3. The van der Waals surface area contributed by atoms with Crippen molar-refractivity contribution in [1.29, 1.82) is 0 Å². The monoisotopic (exact) mass is 326 g/mol. The Balaban J connectivity index is 2.11. The largest absolute Gasteiger partial charge is 0.264 e. The van der Waals surface area contributed by atoms with E-state index < -0.39 is 10.0 Å². The minimum Gasteiger partial charge on any atom is -0.248 e. The lowest BCUT2D eigenvalue weighted by atomic mass is 10.1. The number of rotatable bonds is 7. The predicted octanol–water partition coefficient (Wildman–Crippen LogP) is 2.67. The number of unbranched alkanes of at least 4 members (excludes halogenated alkanes) is 1. The Hall–Kier alpha value is -1.54. The van der Waals surface area contributed by atoms with E-state index in [1.165, 1.54) is 11.8 Å². The fourth-order valence-electron chi connectivity index (χ4n) is 1.79. The molecule has 2 aromatic rings. The standard InChI is InChI=1S/C13H18N4O2S2/c1-3-4-5-10-6-8-11(9-7-10)21(18,19)17-12-14-13(20-2)16-15-12/h6-9H,3-5H2,1-2H3,(H2,14,15,16,17). The summed E-state index contributed by atoms with van der Waals surface area (Å²) in [5, 5.41) is 6.90. The molecule has 0 spiro atoms. The molecule has 1 aromatic heterocycles. The predicted molar refractivity (Wildman–Crippen MR) is 84.0 cm³/mol. The van der Waals surface area contributed by atoms with E-state index in [2.05, 4.69) is 26.8 Å². The molecule has 0 atom stereocenters. The van der Waals surface area contributed by atoms with Crippen molar-refractivity contribution < 1.29 is 8.42 Å². The molecule has 0 unspecified atom stereocenters. The summed E-state index contributed by atoms with van der Waals surface area (Å²) >= 11 is 1.33. The summed E-state index contributed by atoms with van der Waals surface area (Å²) in [6.07, 6.45) is 4.99. The summed E-state index contributed by atoms with van der Waals surface area (Å²) in [6, 6.07) is 6.91. The molecule has 0 saturated carbocycles. The zero-order valence-corrected chi connectivity index (χ0v) is 13.6. The average molecular weight is 326 g/mol. The highest BCUT2D eigenvalue weighted by Gasteiger charge is 2.16. The average Bonchev–Trinajstić information content (AvgIpc) is 2.92. The van der Waals surface area contributed by atoms with Crippen LogP contribution in [-0.4, -0.2) is 29.9 Å². The van der Waals surface area contributed by atoms with Crippen molar-refractivity contribution in [2.24, 2.45) is 0 Å². The summed E-state index contributed by atoms with van der Waals surface area (Å²) in [5.41, 5.74) is 1.14. The number of aryl methyl sites for hydroxylation is 1. The first-order valence-corrected chi connectivity index (χ1v) is 9.34. The third kappa shape index (κ3) is 4.21. The minimum absolute atomic E-state index is 0.120. The topological polar surface area (TPSA) is 87.7 Å². The van der Waals surface area contributed by atoms with Gasteiger partial charge in [-0.3, -0.25) is 0 Å². The lowest BCUT2D eigenvalue weighted by Gasteiger charge is -2.06. The van der Waals surface area contributed by atoms with Crippen LogP contribution in [0.1, 0.15) is 25.3 Å². The molecule has 0 radical (unpaired) electrons. The Labute approximate surface area is 128 Å². The Morgan fingerprint density at radius 1 is 1.29 bits per heavy atom. The van der Waals surface area contributed by atoms with Gasteiger partial charge in [-0.25, -0.2) is 18.2 Å². The second kappa shape index (κ2) is 6.95. The van der Waals surface area contributed by atoms with Crippen molar-refractivity contribution in [3.63, 3.8) is 0 Å². The van der Waals surface area contributed by atoms with Crippen LogP contribution in [0.25, 0.3) is 0 Å². The molecule has 8 heteroatoms. The first-order valence-electron chi connectivity index (χ1n) is 6.63. The van der Waals surface area contributed by atoms with Gasteiger partial charge in [0.25, 0.3) is 10.0 Å². The van der Waals surface area contributed by atoms with Gasteiger partial charge in [-0.05, 0) is 36.8 Å². The van der Waals surface area contributed by atoms with Crippen LogP contribution < -0.4 is 4.72 Å². The number of aromatic amines is 1. The lowest BCUT2D eigenvalue weighted by Crippen LogP contribution is -2.14. The van der Waals surface area contributed by atoms with Crippen LogP contribution in [0.15, 0.2) is 34.3 Å². The Bertz CT molecular complexity index is 680. The normalized spacial score (nSPS) is 11.5. The van der Waals surface area contributed by atoms with Crippen molar-refractivity contribution in [2.75, 3.05) is 11.0 Å². The van der Waals surface area contributed by atoms with Crippen molar-refractivity contribution in [3.8, 4) is 0 Å². The van der Waals surface area contributed by atoms with Crippen molar-refractivity contribution in [1.82, 2.24) is 15.2 Å². The van der Waals surface area contributed by atoms with Crippen molar-refractivity contribution in [3.05, 3.63) is 29.8 Å². The highest BCUT2D eigenvalue weighted by molar-refractivity contribution is 7.98. The van der Waals surface area contributed by atoms with Crippen molar-refractivity contribution >= 4 is 27.7 Å². The van der Waals surface area contributed by atoms with Crippen molar-refractivity contribution in [2.45, 2.75) is 36.2 Å². The summed E-state index contributed by atoms with van der Waals surface area (Å²) in [5.74, 6) is 0.120. The van der Waals surface area contributed by atoms with Gasteiger partial charge in [-0.1, -0.05) is 37.2 Å². The van der Waals surface area contributed by atoms with E-state index >= 15 is 0 Å². The molecule has 1 heterocycles. The van der Waals surface area contributed by atoms with Gasteiger partial charge >= 0.3 is 0 Å². The van der Waals surface area contributed by atoms with Gasteiger partial charge in [0, 0.05) is 0 Å². The summed E-state index contributed by atoms with van der Waals surface area (Å²) in [7, 11) is -3.64. The molecule has 114 valence electrons. The molecule has 0 aliphatic heterocycles. The molecule has 0 amide bonds. The number of benzene rings is 1. The summed E-state index contributed by atoms with van der Waals surface area (Å²) in [4.78, 5) is 4.22. The summed E-state index contributed by atoms with van der Waals surface area (Å²) in [6.45, 7) is 2.13. The van der Waals surface area contributed by atoms with E-state index in [-0.39, 0.29) is 10.8 Å². The highest BCUT2D eigenvalue weighted by atomic mass is 32.2. The molecule has 21 heavy (non-hydrogen) atoms. The number of nitrogens with one attached hydrogen (secondary N) is 2. The van der Waals surface area contributed by atoms with Crippen LogP contribution in [0.2, 0.25) is 0 Å². The Kier molecular flexibility index (Phi) is 5.24. The molecule has 0 fully saturated rings. The molecule has 0 bridgehead atoms. The van der Waals surface area contributed by atoms with Crippen LogP contribution in [0.4, 0.5) is 5.95 Å². The SMILES string of the molecule is CCCCc1ccc(S(=O)(=O)Nc2nc(SC)n[nH]2)cc1. The Morgan fingerprint density at radius 2 is 2.00 bits per heavy atom.